The number of hydrogen-bond acceptors (Lipinski definition) is 6. The van der Waals surface area contributed by atoms with E-state index in [2.05, 4.69) is 25.8 Å². The molecule has 3 rings (SSSR count). The third-order valence-electron chi connectivity index (χ3n) is 4.48. The molecule has 0 radical (unpaired) electrons. The van der Waals surface area contributed by atoms with Crippen LogP contribution in [0.2, 0.25) is 0 Å². The number of hydrogen-bond donors (Lipinski definition) is 1. The topological polar surface area (TPSA) is 108 Å². The molecule has 1 amide bonds. The van der Waals surface area contributed by atoms with Crippen molar-refractivity contribution in [1.29, 1.82) is 0 Å². The fourth-order valence-electron chi connectivity index (χ4n) is 2.83. The summed E-state index contributed by atoms with van der Waals surface area (Å²) >= 11 is 0. The number of fused-ring (bicyclic) bond motifs is 1. The van der Waals surface area contributed by atoms with E-state index in [0.29, 0.717) is 24.0 Å². The van der Waals surface area contributed by atoms with Crippen molar-refractivity contribution in [1.82, 2.24) is 35.1 Å². The second kappa shape index (κ2) is 7.85. The first-order valence-electron chi connectivity index (χ1n) is 8.56. The maximum Gasteiger partial charge on any atom is 0.261 e. The van der Waals surface area contributed by atoms with Crippen LogP contribution in [0.1, 0.15) is 26.3 Å². The van der Waals surface area contributed by atoms with Crippen molar-refractivity contribution in [2.24, 2.45) is 5.92 Å². The number of benzene rings is 1. The summed E-state index contributed by atoms with van der Waals surface area (Å²) in [6.45, 7) is 4.64. The van der Waals surface area contributed by atoms with Crippen molar-refractivity contribution in [3.05, 3.63) is 47.3 Å². The van der Waals surface area contributed by atoms with Crippen molar-refractivity contribution in [3.63, 3.8) is 0 Å². The minimum absolute atomic E-state index is 0.0727. The lowest BCUT2D eigenvalue weighted by Crippen LogP contribution is -2.38. The molecule has 2 aromatic heterocycles. The highest BCUT2D eigenvalue weighted by atomic mass is 16.2. The van der Waals surface area contributed by atoms with Crippen molar-refractivity contribution >= 4 is 16.8 Å². The molecule has 0 saturated heterocycles. The van der Waals surface area contributed by atoms with E-state index >= 15 is 0 Å². The fourth-order valence-corrected chi connectivity index (χ4v) is 2.83. The highest BCUT2D eigenvalue weighted by molar-refractivity contribution is 5.80. The molecular weight excluding hydrogens is 334 g/mol. The van der Waals surface area contributed by atoms with Gasteiger partial charge in [0.15, 0.2) is 0 Å². The molecule has 0 spiro atoms. The van der Waals surface area contributed by atoms with Crippen LogP contribution in [-0.4, -0.2) is 42.2 Å². The average molecular weight is 355 g/mol. The number of tetrazole rings is 1. The monoisotopic (exact) mass is 355 g/mol. The summed E-state index contributed by atoms with van der Waals surface area (Å²) in [7, 11) is 0. The molecule has 9 nitrogen and oxygen atoms in total. The highest BCUT2D eigenvalue weighted by Gasteiger charge is 2.26. The molecule has 0 fully saturated rings. The van der Waals surface area contributed by atoms with Gasteiger partial charge >= 0.3 is 0 Å². The Kier molecular flexibility index (Phi) is 5.35. The van der Waals surface area contributed by atoms with Crippen LogP contribution in [0.25, 0.3) is 10.9 Å². The van der Waals surface area contributed by atoms with Crippen molar-refractivity contribution < 1.29 is 4.79 Å². The van der Waals surface area contributed by atoms with Crippen LogP contribution in [0.15, 0.2) is 41.7 Å². The SMILES string of the molecule is CCC(C)C(C(=O)NCCn1cnc2ccccc2c1=O)n1cnnn1. The number of aromatic nitrogens is 6. The zero-order valence-electron chi connectivity index (χ0n) is 14.7. The Balaban J connectivity index is 1.68. The van der Waals surface area contributed by atoms with Gasteiger partial charge in [0.05, 0.1) is 17.2 Å². The first-order valence-corrected chi connectivity index (χ1v) is 8.56. The molecule has 0 aliphatic heterocycles. The molecule has 1 aromatic carbocycles. The first-order chi connectivity index (χ1) is 12.6. The van der Waals surface area contributed by atoms with Crippen LogP contribution in [-0.2, 0) is 11.3 Å². The van der Waals surface area contributed by atoms with Gasteiger partial charge in [-0.2, -0.15) is 0 Å². The van der Waals surface area contributed by atoms with E-state index in [1.54, 1.807) is 18.2 Å². The Morgan fingerprint density at radius 2 is 2.08 bits per heavy atom. The summed E-state index contributed by atoms with van der Waals surface area (Å²) in [6.07, 6.45) is 3.75. The Bertz CT molecular complexity index is 936. The van der Waals surface area contributed by atoms with E-state index in [1.165, 1.54) is 21.9 Å². The molecule has 2 heterocycles. The molecule has 0 aliphatic rings. The average Bonchev–Trinajstić information content (AvgIpc) is 3.18. The quantitative estimate of drug-likeness (QED) is 0.671. The third kappa shape index (κ3) is 3.61. The van der Waals surface area contributed by atoms with Gasteiger partial charge < -0.3 is 5.32 Å². The maximum atomic E-state index is 12.6. The molecule has 1 N–H and O–H groups in total. The summed E-state index contributed by atoms with van der Waals surface area (Å²) in [4.78, 5) is 29.3. The number of rotatable bonds is 7. The van der Waals surface area contributed by atoms with Crippen LogP contribution < -0.4 is 10.9 Å². The van der Waals surface area contributed by atoms with Gasteiger partial charge in [-0.1, -0.05) is 32.4 Å². The summed E-state index contributed by atoms with van der Waals surface area (Å²) in [6, 6.07) is 6.71. The van der Waals surface area contributed by atoms with Crippen LogP contribution >= 0.6 is 0 Å². The molecule has 0 saturated carbocycles. The van der Waals surface area contributed by atoms with E-state index in [-0.39, 0.29) is 17.4 Å². The molecule has 3 aromatic rings. The summed E-state index contributed by atoms with van der Waals surface area (Å²) in [5.74, 6) is -0.1000. The summed E-state index contributed by atoms with van der Waals surface area (Å²) in [5, 5.41) is 14.5. The van der Waals surface area contributed by atoms with Crippen molar-refractivity contribution in [3.8, 4) is 0 Å². The second-order valence-corrected chi connectivity index (χ2v) is 6.17. The van der Waals surface area contributed by atoms with Crippen LogP contribution in [0, 0.1) is 5.92 Å². The number of carbonyl (C=O) groups is 1. The normalized spacial score (nSPS) is 13.5. The van der Waals surface area contributed by atoms with Gasteiger partial charge in [0, 0.05) is 13.1 Å². The molecular formula is C17H21N7O2. The lowest BCUT2D eigenvalue weighted by molar-refractivity contribution is -0.126. The zero-order valence-corrected chi connectivity index (χ0v) is 14.7. The summed E-state index contributed by atoms with van der Waals surface area (Å²) in [5.41, 5.74) is 0.539. The lowest BCUT2D eigenvalue weighted by Gasteiger charge is -2.21. The smallest absolute Gasteiger partial charge is 0.261 e. The van der Waals surface area contributed by atoms with E-state index in [9.17, 15) is 9.59 Å². The predicted molar refractivity (Wildman–Crippen MR) is 95.3 cm³/mol. The van der Waals surface area contributed by atoms with Gasteiger partial charge in [0.25, 0.3) is 5.56 Å². The number of carbonyl (C=O) groups excluding carboxylic acids is 1. The van der Waals surface area contributed by atoms with Gasteiger partial charge in [-0.3, -0.25) is 14.2 Å². The Hall–Kier alpha value is -3.10. The largest absolute Gasteiger partial charge is 0.352 e. The van der Waals surface area contributed by atoms with Gasteiger partial charge in [-0.05, 0) is 28.5 Å². The molecule has 2 unspecified atom stereocenters. The zero-order chi connectivity index (χ0) is 18.5. The number of para-hydroxylation sites is 1. The van der Waals surface area contributed by atoms with E-state index in [4.69, 9.17) is 0 Å². The third-order valence-corrected chi connectivity index (χ3v) is 4.48. The van der Waals surface area contributed by atoms with Gasteiger partial charge in [-0.25, -0.2) is 9.67 Å². The van der Waals surface area contributed by atoms with Gasteiger partial charge in [0.2, 0.25) is 5.91 Å². The van der Waals surface area contributed by atoms with E-state index < -0.39 is 6.04 Å². The number of nitrogens with zero attached hydrogens (tertiary/aromatic N) is 6. The molecule has 0 aliphatic carbocycles. The maximum absolute atomic E-state index is 12.6. The second-order valence-electron chi connectivity index (χ2n) is 6.17. The Labute approximate surface area is 150 Å². The number of amides is 1. The minimum Gasteiger partial charge on any atom is -0.352 e. The van der Waals surface area contributed by atoms with Gasteiger partial charge in [-0.15, -0.1) is 5.10 Å². The first kappa shape index (κ1) is 17.7. The highest BCUT2D eigenvalue weighted by Crippen LogP contribution is 2.19. The predicted octanol–water partition coefficient (Wildman–Crippen LogP) is 0.787. The lowest BCUT2D eigenvalue weighted by atomic mass is 9.98. The standard InChI is InChI=1S/C17H21N7O2/c1-3-12(2)15(24-11-20-21-22-24)16(25)18-8-9-23-10-19-14-7-5-4-6-13(14)17(23)26/h4-7,10-12,15H,3,8-9H2,1-2H3,(H,18,25). The fraction of sp³-hybridized carbons (Fsp3) is 0.412. The van der Waals surface area contributed by atoms with Crippen molar-refractivity contribution in [2.45, 2.75) is 32.9 Å². The number of nitrogens with one attached hydrogen (secondary N) is 1. The minimum atomic E-state index is -0.485. The van der Waals surface area contributed by atoms with E-state index in [0.717, 1.165) is 6.42 Å². The van der Waals surface area contributed by atoms with Crippen LogP contribution in [0.5, 0.6) is 0 Å². The van der Waals surface area contributed by atoms with Crippen LogP contribution in [0.3, 0.4) is 0 Å². The Morgan fingerprint density at radius 3 is 2.81 bits per heavy atom. The Morgan fingerprint density at radius 1 is 1.27 bits per heavy atom. The summed E-state index contributed by atoms with van der Waals surface area (Å²) < 4.78 is 2.96. The van der Waals surface area contributed by atoms with E-state index in [1.807, 2.05) is 19.9 Å². The van der Waals surface area contributed by atoms with Crippen molar-refractivity contribution in [2.75, 3.05) is 6.54 Å². The van der Waals surface area contributed by atoms with Gasteiger partial charge in [0.1, 0.15) is 12.4 Å². The molecule has 9 heteroatoms. The molecule has 0 bridgehead atoms. The molecule has 2 atom stereocenters. The molecule has 26 heavy (non-hydrogen) atoms. The molecule has 136 valence electrons. The van der Waals surface area contributed by atoms with Crippen LogP contribution in [0.4, 0.5) is 0 Å².